The SMILES string of the molecule is Cc1ccc([N+](=O)[O-])c(NC(=O)CSc2nnc(Nc3cccc(Cl)c3C)s2)c1C. The molecule has 0 spiro atoms. The van der Waals surface area contributed by atoms with Crippen LogP contribution in [0.25, 0.3) is 0 Å². The average molecular weight is 464 g/mol. The molecule has 0 aliphatic rings. The topological polar surface area (TPSA) is 110 Å². The molecule has 0 atom stereocenters. The van der Waals surface area contributed by atoms with Crippen LogP contribution >= 0.6 is 34.7 Å². The fraction of sp³-hybridized carbons (Fsp3) is 0.211. The summed E-state index contributed by atoms with van der Waals surface area (Å²) in [6.45, 7) is 5.48. The van der Waals surface area contributed by atoms with Gasteiger partial charge in [-0.05, 0) is 49.6 Å². The largest absolute Gasteiger partial charge is 0.330 e. The Balaban J connectivity index is 1.63. The Labute approximate surface area is 186 Å². The fourth-order valence-corrected chi connectivity index (χ4v) is 4.33. The Morgan fingerprint density at radius 3 is 2.70 bits per heavy atom. The third kappa shape index (κ3) is 5.07. The monoisotopic (exact) mass is 463 g/mol. The van der Waals surface area contributed by atoms with Crippen molar-refractivity contribution in [1.82, 2.24) is 10.2 Å². The van der Waals surface area contributed by atoms with Crippen molar-refractivity contribution in [2.45, 2.75) is 25.1 Å². The molecule has 0 saturated carbocycles. The van der Waals surface area contributed by atoms with Gasteiger partial charge in [0.1, 0.15) is 5.69 Å². The van der Waals surface area contributed by atoms with E-state index in [-0.39, 0.29) is 23.0 Å². The minimum Gasteiger partial charge on any atom is -0.330 e. The minimum absolute atomic E-state index is 0.0510. The maximum Gasteiger partial charge on any atom is 0.293 e. The lowest BCUT2D eigenvalue weighted by Gasteiger charge is -2.10. The number of amides is 1. The first-order chi connectivity index (χ1) is 14.3. The normalized spacial score (nSPS) is 10.7. The Bertz CT molecular complexity index is 1120. The molecule has 0 radical (unpaired) electrons. The van der Waals surface area contributed by atoms with Crippen LogP contribution in [0.3, 0.4) is 0 Å². The van der Waals surface area contributed by atoms with Crippen LogP contribution in [0.1, 0.15) is 16.7 Å². The van der Waals surface area contributed by atoms with Gasteiger partial charge < -0.3 is 10.6 Å². The number of hydrogen-bond donors (Lipinski definition) is 2. The number of hydrogen-bond acceptors (Lipinski definition) is 8. The van der Waals surface area contributed by atoms with Gasteiger partial charge in [-0.25, -0.2) is 0 Å². The number of anilines is 3. The van der Waals surface area contributed by atoms with Crippen LogP contribution in [0.4, 0.5) is 22.2 Å². The van der Waals surface area contributed by atoms with E-state index in [9.17, 15) is 14.9 Å². The highest BCUT2D eigenvalue weighted by molar-refractivity contribution is 8.01. The molecule has 2 aromatic carbocycles. The number of thioether (sulfide) groups is 1. The number of carbonyl (C=O) groups excluding carboxylic acids is 1. The maximum absolute atomic E-state index is 12.4. The van der Waals surface area contributed by atoms with E-state index in [1.807, 2.05) is 32.0 Å². The van der Waals surface area contributed by atoms with E-state index in [2.05, 4.69) is 20.8 Å². The van der Waals surface area contributed by atoms with Gasteiger partial charge in [0.15, 0.2) is 4.34 Å². The molecule has 0 aliphatic heterocycles. The zero-order valence-electron chi connectivity index (χ0n) is 16.4. The average Bonchev–Trinajstić information content (AvgIpc) is 3.15. The molecule has 156 valence electrons. The smallest absolute Gasteiger partial charge is 0.293 e. The summed E-state index contributed by atoms with van der Waals surface area (Å²) in [6.07, 6.45) is 0. The highest BCUT2D eigenvalue weighted by Gasteiger charge is 2.20. The van der Waals surface area contributed by atoms with Gasteiger partial charge in [-0.2, -0.15) is 0 Å². The molecule has 1 aromatic heterocycles. The van der Waals surface area contributed by atoms with Crippen molar-refractivity contribution in [3.8, 4) is 0 Å². The Kier molecular flexibility index (Phi) is 6.91. The van der Waals surface area contributed by atoms with Crippen LogP contribution in [0.15, 0.2) is 34.7 Å². The zero-order valence-corrected chi connectivity index (χ0v) is 18.7. The van der Waals surface area contributed by atoms with E-state index in [0.29, 0.717) is 20.1 Å². The second kappa shape index (κ2) is 9.41. The Hall–Kier alpha value is -2.69. The van der Waals surface area contributed by atoms with Crippen molar-refractivity contribution in [2.75, 3.05) is 16.4 Å². The van der Waals surface area contributed by atoms with Crippen molar-refractivity contribution < 1.29 is 9.72 Å². The minimum atomic E-state index is -0.504. The van der Waals surface area contributed by atoms with Gasteiger partial charge in [-0.15, -0.1) is 10.2 Å². The molecule has 3 aromatic rings. The van der Waals surface area contributed by atoms with E-state index in [4.69, 9.17) is 11.6 Å². The summed E-state index contributed by atoms with van der Waals surface area (Å²) in [6, 6.07) is 8.59. The van der Waals surface area contributed by atoms with Crippen LogP contribution in [-0.4, -0.2) is 26.8 Å². The first-order valence-electron chi connectivity index (χ1n) is 8.79. The molecule has 30 heavy (non-hydrogen) atoms. The third-order valence-electron chi connectivity index (χ3n) is 4.42. The number of aromatic nitrogens is 2. The highest BCUT2D eigenvalue weighted by Crippen LogP contribution is 2.32. The van der Waals surface area contributed by atoms with Crippen molar-refractivity contribution in [1.29, 1.82) is 0 Å². The van der Waals surface area contributed by atoms with Crippen molar-refractivity contribution in [3.05, 3.63) is 62.2 Å². The first-order valence-corrected chi connectivity index (χ1v) is 11.0. The van der Waals surface area contributed by atoms with Crippen LogP contribution in [0, 0.1) is 30.9 Å². The number of benzene rings is 2. The third-order valence-corrected chi connectivity index (χ3v) is 6.80. The number of nitrogens with one attached hydrogen (secondary N) is 2. The lowest BCUT2D eigenvalue weighted by molar-refractivity contribution is -0.384. The summed E-state index contributed by atoms with van der Waals surface area (Å²) in [5.41, 5.74) is 3.35. The molecule has 0 bridgehead atoms. The molecule has 11 heteroatoms. The van der Waals surface area contributed by atoms with Gasteiger partial charge >= 0.3 is 0 Å². The van der Waals surface area contributed by atoms with Crippen LogP contribution < -0.4 is 10.6 Å². The molecule has 1 amide bonds. The van der Waals surface area contributed by atoms with Crippen LogP contribution in [0.2, 0.25) is 5.02 Å². The molecule has 0 saturated heterocycles. The highest BCUT2D eigenvalue weighted by atomic mass is 35.5. The van der Waals surface area contributed by atoms with Gasteiger partial charge in [0, 0.05) is 16.8 Å². The van der Waals surface area contributed by atoms with E-state index in [1.54, 1.807) is 13.0 Å². The lowest BCUT2D eigenvalue weighted by atomic mass is 10.1. The number of aryl methyl sites for hydroxylation is 1. The lowest BCUT2D eigenvalue weighted by Crippen LogP contribution is -2.16. The van der Waals surface area contributed by atoms with Gasteiger partial charge in [-0.3, -0.25) is 14.9 Å². The van der Waals surface area contributed by atoms with Gasteiger partial charge in [0.25, 0.3) is 5.69 Å². The molecule has 2 N–H and O–H groups in total. The Morgan fingerprint density at radius 2 is 1.97 bits per heavy atom. The van der Waals surface area contributed by atoms with Crippen LogP contribution in [-0.2, 0) is 4.79 Å². The van der Waals surface area contributed by atoms with E-state index < -0.39 is 4.92 Å². The van der Waals surface area contributed by atoms with Gasteiger partial charge in [-0.1, -0.05) is 46.8 Å². The van der Waals surface area contributed by atoms with Crippen molar-refractivity contribution >= 4 is 62.8 Å². The molecule has 0 fully saturated rings. The van der Waals surface area contributed by atoms with E-state index in [1.165, 1.54) is 29.2 Å². The fourth-order valence-electron chi connectivity index (χ4n) is 2.59. The predicted octanol–water partition coefficient (Wildman–Crippen LogP) is 5.50. The predicted molar refractivity (Wildman–Crippen MR) is 121 cm³/mol. The molecule has 0 aliphatic carbocycles. The molecule has 0 unspecified atom stereocenters. The number of nitro groups is 1. The van der Waals surface area contributed by atoms with E-state index >= 15 is 0 Å². The molecule has 3 rings (SSSR count). The summed E-state index contributed by atoms with van der Waals surface area (Å²) in [7, 11) is 0. The summed E-state index contributed by atoms with van der Waals surface area (Å²) < 4.78 is 0.600. The second-order valence-corrected chi connectivity index (χ2v) is 9.01. The summed E-state index contributed by atoms with van der Waals surface area (Å²) in [4.78, 5) is 23.1. The quantitative estimate of drug-likeness (QED) is 0.270. The van der Waals surface area contributed by atoms with Crippen molar-refractivity contribution in [3.63, 3.8) is 0 Å². The second-order valence-electron chi connectivity index (χ2n) is 6.41. The van der Waals surface area contributed by atoms with Gasteiger partial charge in [0.2, 0.25) is 11.0 Å². The van der Waals surface area contributed by atoms with Crippen molar-refractivity contribution in [2.24, 2.45) is 0 Å². The first kappa shape index (κ1) is 22.0. The summed E-state index contributed by atoms with van der Waals surface area (Å²) in [5.74, 6) is -0.303. The molecule has 1 heterocycles. The maximum atomic E-state index is 12.4. The standard InChI is InChI=1S/C19H18ClN5O3S2/c1-10-7-8-15(25(27)28)17(11(10)2)22-16(26)9-29-19-24-23-18(30-19)21-14-6-4-5-13(20)12(14)3/h4-8H,9H2,1-3H3,(H,21,23)(H,22,26). The van der Waals surface area contributed by atoms with E-state index in [0.717, 1.165) is 16.8 Å². The number of carbonyl (C=O) groups is 1. The number of nitro benzene ring substituents is 1. The zero-order chi connectivity index (χ0) is 21.8. The van der Waals surface area contributed by atoms with Gasteiger partial charge in [0.05, 0.1) is 10.7 Å². The summed E-state index contributed by atoms with van der Waals surface area (Å²) in [5, 5.41) is 26.5. The van der Waals surface area contributed by atoms with Crippen LogP contribution in [0.5, 0.6) is 0 Å². The molecular weight excluding hydrogens is 446 g/mol. The number of halogens is 1. The molecule has 8 nitrogen and oxygen atoms in total. The molecular formula is C19H18ClN5O3S2. The Morgan fingerprint density at radius 1 is 1.20 bits per heavy atom. The number of rotatable bonds is 7. The number of nitrogens with zero attached hydrogens (tertiary/aromatic N) is 3. The summed E-state index contributed by atoms with van der Waals surface area (Å²) >= 11 is 8.63.